The minimum absolute atomic E-state index is 0.531. The summed E-state index contributed by atoms with van der Waals surface area (Å²) >= 11 is 5.80. The van der Waals surface area contributed by atoms with Gasteiger partial charge in [-0.25, -0.2) is 4.98 Å². The summed E-state index contributed by atoms with van der Waals surface area (Å²) in [6, 6.07) is 0. The highest BCUT2D eigenvalue weighted by Gasteiger charge is 2.10. The first kappa shape index (κ1) is 10.9. The van der Waals surface area contributed by atoms with E-state index in [4.69, 9.17) is 16.3 Å². The van der Waals surface area contributed by atoms with Crippen LogP contribution < -0.4 is 0 Å². The summed E-state index contributed by atoms with van der Waals surface area (Å²) in [5.41, 5.74) is 1.09. The number of rotatable bonds is 4. The topological polar surface area (TPSA) is 30.3 Å². The maximum atomic E-state index is 5.80. The van der Waals surface area contributed by atoms with Crippen molar-refractivity contribution in [3.8, 4) is 0 Å². The maximum Gasteiger partial charge on any atom is 0.0948 e. The third-order valence-electron chi connectivity index (χ3n) is 2.70. The second-order valence-electron chi connectivity index (χ2n) is 3.67. The minimum atomic E-state index is 0.531. The number of aromatic nitrogens is 2. The molecule has 1 aliphatic rings. The van der Waals surface area contributed by atoms with E-state index in [1.807, 2.05) is 12.5 Å². The molecule has 1 aliphatic heterocycles. The van der Waals surface area contributed by atoms with Gasteiger partial charge in [0.15, 0.2) is 0 Å². The Labute approximate surface area is 94.8 Å². The quantitative estimate of drug-likeness (QED) is 0.721. The molecule has 0 aliphatic carbocycles. The van der Waals surface area contributed by atoms with E-state index in [0.29, 0.717) is 5.88 Å². The Morgan fingerprint density at radius 1 is 1.33 bits per heavy atom. The summed E-state index contributed by atoms with van der Waals surface area (Å²) in [7, 11) is 0. The zero-order chi connectivity index (χ0) is 10.5. The molecule has 15 heavy (non-hydrogen) atoms. The summed E-state index contributed by atoms with van der Waals surface area (Å²) in [6.45, 7) is 5.78. The van der Waals surface area contributed by atoms with Crippen LogP contribution in [0.2, 0.25) is 0 Å². The Kier molecular flexibility index (Phi) is 4.00. The number of ether oxygens (including phenoxy) is 1. The lowest BCUT2D eigenvalue weighted by molar-refractivity contribution is 0.0363. The van der Waals surface area contributed by atoms with Gasteiger partial charge in [-0.3, -0.25) is 4.90 Å². The molecule has 1 saturated heterocycles. The molecule has 0 amide bonds. The summed E-state index contributed by atoms with van der Waals surface area (Å²) in [5, 5.41) is 0. The number of halogens is 1. The molecular weight excluding hydrogens is 214 g/mol. The molecule has 0 atom stereocenters. The molecule has 1 aromatic rings. The predicted molar refractivity (Wildman–Crippen MR) is 59.0 cm³/mol. The monoisotopic (exact) mass is 229 g/mol. The van der Waals surface area contributed by atoms with Gasteiger partial charge in [0.1, 0.15) is 0 Å². The SMILES string of the molecule is ClCc1cncn1CCN1CCOCC1. The molecule has 0 unspecified atom stereocenters. The van der Waals surface area contributed by atoms with Crippen molar-refractivity contribution in [2.45, 2.75) is 12.4 Å². The van der Waals surface area contributed by atoms with Gasteiger partial charge in [0.05, 0.1) is 31.1 Å². The van der Waals surface area contributed by atoms with Gasteiger partial charge >= 0.3 is 0 Å². The van der Waals surface area contributed by atoms with Crippen molar-refractivity contribution < 1.29 is 4.74 Å². The van der Waals surface area contributed by atoms with Crippen LogP contribution in [0.1, 0.15) is 5.69 Å². The van der Waals surface area contributed by atoms with Crippen molar-refractivity contribution in [2.75, 3.05) is 32.8 Å². The molecule has 0 bridgehead atoms. The highest BCUT2D eigenvalue weighted by molar-refractivity contribution is 6.16. The van der Waals surface area contributed by atoms with Gasteiger partial charge < -0.3 is 9.30 Å². The Bertz CT molecular complexity index is 297. The lowest BCUT2D eigenvalue weighted by Crippen LogP contribution is -2.38. The van der Waals surface area contributed by atoms with Crippen LogP contribution in [0.25, 0.3) is 0 Å². The highest BCUT2D eigenvalue weighted by atomic mass is 35.5. The smallest absolute Gasteiger partial charge is 0.0948 e. The number of imidazole rings is 1. The van der Waals surface area contributed by atoms with Crippen molar-refractivity contribution in [2.24, 2.45) is 0 Å². The van der Waals surface area contributed by atoms with E-state index in [1.165, 1.54) is 0 Å². The number of nitrogens with zero attached hydrogens (tertiary/aromatic N) is 3. The molecule has 2 heterocycles. The Balaban J connectivity index is 1.81. The van der Waals surface area contributed by atoms with E-state index in [0.717, 1.165) is 45.1 Å². The Morgan fingerprint density at radius 2 is 2.13 bits per heavy atom. The lowest BCUT2D eigenvalue weighted by Gasteiger charge is -2.26. The van der Waals surface area contributed by atoms with Gasteiger partial charge in [0.25, 0.3) is 0 Å². The van der Waals surface area contributed by atoms with Crippen molar-refractivity contribution >= 4 is 11.6 Å². The first-order valence-electron chi connectivity index (χ1n) is 5.25. The first-order chi connectivity index (χ1) is 7.40. The standard InChI is InChI=1S/C10H16ClN3O/c11-7-10-8-12-9-14(10)2-1-13-3-5-15-6-4-13/h8-9H,1-7H2. The van der Waals surface area contributed by atoms with Crippen LogP contribution in [0.15, 0.2) is 12.5 Å². The third-order valence-corrected chi connectivity index (χ3v) is 2.97. The molecule has 5 heteroatoms. The van der Waals surface area contributed by atoms with Crippen molar-refractivity contribution in [3.05, 3.63) is 18.2 Å². The number of hydrogen-bond acceptors (Lipinski definition) is 3. The average Bonchev–Trinajstić information content (AvgIpc) is 2.75. The van der Waals surface area contributed by atoms with Gasteiger partial charge in [0, 0.05) is 32.4 Å². The lowest BCUT2D eigenvalue weighted by atomic mass is 10.4. The van der Waals surface area contributed by atoms with Crippen LogP contribution in [0, 0.1) is 0 Å². The van der Waals surface area contributed by atoms with Gasteiger partial charge in [-0.2, -0.15) is 0 Å². The molecule has 0 spiro atoms. The molecule has 0 N–H and O–H groups in total. The molecule has 0 radical (unpaired) electrons. The molecule has 0 aromatic carbocycles. The normalized spacial score (nSPS) is 18.2. The third kappa shape index (κ3) is 2.93. The van der Waals surface area contributed by atoms with Crippen LogP contribution in [0.3, 0.4) is 0 Å². The molecule has 84 valence electrons. The van der Waals surface area contributed by atoms with E-state index in [2.05, 4.69) is 14.5 Å². The van der Waals surface area contributed by atoms with Gasteiger partial charge in [-0.15, -0.1) is 11.6 Å². The highest BCUT2D eigenvalue weighted by Crippen LogP contribution is 2.04. The van der Waals surface area contributed by atoms with Crippen molar-refractivity contribution in [1.29, 1.82) is 0 Å². The fourth-order valence-corrected chi connectivity index (χ4v) is 1.96. The fourth-order valence-electron chi connectivity index (χ4n) is 1.73. The Morgan fingerprint density at radius 3 is 2.87 bits per heavy atom. The second-order valence-corrected chi connectivity index (χ2v) is 3.93. The van der Waals surface area contributed by atoms with E-state index in [9.17, 15) is 0 Å². The van der Waals surface area contributed by atoms with Gasteiger partial charge in [0.2, 0.25) is 0 Å². The van der Waals surface area contributed by atoms with Crippen molar-refractivity contribution in [3.63, 3.8) is 0 Å². The second kappa shape index (κ2) is 5.49. The molecule has 1 aromatic heterocycles. The largest absolute Gasteiger partial charge is 0.379 e. The Hall–Kier alpha value is -0.580. The van der Waals surface area contributed by atoms with Crippen LogP contribution >= 0.6 is 11.6 Å². The van der Waals surface area contributed by atoms with E-state index in [-0.39, 0.29) is 0 Å². The molecule has 0 saturated carbocycles. The average molecular weight is 230 g/mol. The van der Waals surface area contributed by atoms with E-state index >= 15 is 0 Å². The number of hydrogen-bond donors (Lipinski definition) is 0. The van der Waals surface area contributed by atoms with Gasteiger partial charge in [-0.1, -0.05) is 0 Å². The van der Waals surface area contributed by atoms with E-state index < -0.39 is 0 Å². The number of morpholine rings is 1. The zero-order valence-electron chi connectivity index (χ0n) is 8.73. The molecule has 4 nitrogen and oxygen atoms in total. The van der Waals surface area contributed by atoms with Crippen LogP contribution in [0.5, 0.6) is 0 Å². The summed E-state index contributed by atoms with van der Waals surface area (Å²) < 4.78 is 7.41. The maximum absolute atomic E-state index is 5.80. The number of alkyl halides is 1. The molecule has 1 fully saturated rings. The predicted octanol–water partition coefficient (Wildman–Crippen LogP) is 0.954. The van der Waals surface area contributed by atoms with Crippen molar-refractivity contribution in [1.82, 2.24) is 14.5 Å². The van der Waals surface area contributed by atoms with E-state index in [1.54, 1.807) is 0 Å². The fraction of sp³-hybridized carbons (Fsp3) is 0.700. The summed E-state index contributed by atoms with van der Waals surface area (Å²) in [4.78, 5) is 6.50. The molecular formula is C10H16ClN3O. The first-order valence-corrected chi connectivity index (χ1v) is 5.78. The zero-order valence-corrected chi connectivity index (χ0v) is 9.49. The summed E-state index contributed by atoms with van der Waals surface area (Å²) in [5.74, 6) is 0.531. The summed E-state index contributed by atoms with van der Waals surface area (Å²) in [6.07, 6.45) is 3.67. The van der Waals surface area contributed by atoms with Crippen LogP contribution in [-0.4, -0.2) is 47.3 Å². The molecule has 2 rings (SSSR count). The minimum Gasteiger partial charge on any atom is -0.379 e. The van der Waals surface area contributed by atoms with Crippen LogP contribution in [-0.2, 0) is 17.2 Å². The van der Waals surface area contributed by atoms with Gasteiger partial charge in [-0.05, 0) is 0 Å². The van der Waals surface area contributed by atoms with Crippen LogP contribution in [0.4, 0.5) is 0 Å².